The third-order valence-electron chi connectivity index (χ3n) is 3.29. The van der Waals surface area contributed by atoms with Crippen molar-refractivity contribution in [3.05, 3.63) is 0 Å². The number of nitrogens with one attached hydrogen (secondary N) is 1. The Hall–Kier alpha value is -1.10. The molecule has 1 fully saturated rings. The largest absolute Gasteiger partial charge is 0.480 e. The fourth-order valence-electron chi connectivity index (χ4n) is 1.99. The van der Waals surface area contributed by atoms with Crippen molar-refractivity contribution in [1.29, 1.82) is 0 Å². The predicted molar refractivity (Wildman–Crippen MR) is 64.4 cm³/mol. The Morgan fingerprint density at radius 1 is 1.53 bits per heavy atom. The minimum Gasteiger partial charge on any atom is -0.480 e. The van der Waals surface area contributed by atoms with Crippen LogP contribution in [0.5, 0.6) is 0 Å². The van der Waals surface area contributed by atoms with Crippen LogP contribution in [0.4, 0.5) is 0 Å². The van der Waals surface area contributed by atoms with Gasteiger partial charge in [-0.2, -0.15) is 0 Å². The molecular weight excluding hydrogens is 220 g/mol. The smallest absolute Gasteiger partial charge is 0.329 e. The number of amides is 1. The third kappa shape index (κ3) is 4.00. The first-order valence-electron chi connectivity index (χ1n) is 6.19. The molecule has 0 bridgehead atoms. The van der Waals surface area contributed by atoms with E-state index in [0.29, 0.717) is 18.8 Å². The average Bonchev–Trinajstić information content (AvgIpc) is 2.99. The second-order valence-electron chi connectivity index (χ2n) is 5.14. The van der Waals surface area contributed by atoms with Crippen molar-refractivity contribution in [2.75, 3.05) is 0 Å². The Morgan fingerprint density at radius 3 is 2.53 bits per heavy atom. The molecule has 0 saturated heterocycles. The lowest BCUT2D eigenvalue weighted by Crippen LogP contribution is -2.53. The van der Waals surface area contributed by atoms with Gasteiger partial charge in [-0.1, -0.05) is 13.3 Å². The molecular formula is C12H22N2O3. The van der Waals surface area contributed by atoms with Gasteiger partial charge in [-0.15, -0.1) is 0 Å². The second-order valence-corrected chi connectivity index (χ2v) is 5.14. The van der Waals surface area contributed by atoms with E-state index in [-0.39, 0.29) is 18.4 Å². The molecule has 0 heterocycles. The molecule has 1 aliphatic carbocycles. The Bertz CT molecular complexity index is 302. The van der Waals surface area contributed by atoms with E-state index in [4.69, 9.17) is 10.8 Å². The maximum absolute atomic E-state index is 11.7. The highest BCUT2D eigenvalue weighted by Gasteiger charge is 2.35. The van der Waals surface area contributed by atoms with Crippen LogP contribution in [-0.4, -0.2) is 28.6 Å². The number of carbonyl (C=O) groups excluding carboxylic acids is 1. The van der Waals surface area contributed by atoms with Crippen LogP contribution >= 0.6 is 0 Å². The molecule has 0 aromatic heterocycles. The van der Waals surface area contributed by atoms with E-state index in [0.717, 1.165) is 12.8 Å². The third-order valence-corrected chi connectivity index (χ3v) is 3.29. The van der Waals surface area contributed by atoms with Gasteiger partial charge < -0.3 is 16.2 Å². The first kappa shape index (κ1) is 14.0. The van der Waals surface area contributed by atoms with Crippen LogP contribution in [0.2, 0.25) is 0 Å². The van der Waals surface area contributed by atoms with Crippen molar-refractivity contribution in [2.45, 2.75) is 57.5 Å². The van der Waals surface area contributed by atoms with Crippen molar-refractivity contribution < 1.29 is 14.7 Å². The van der Waals surface area contributed by atoms with Gasteiger partial charge in [0.15, 0.2) is 0 Å². The van der Waals surface area contributed by atoms with Gasteiger partial charge in [0.1, 0.15) is 5.54 Å². The number of carboxylic acids is 1. The monoisotopic (exact) mass is 242 g/mol. The van der Waals surface area contributed by atoms with Gasteiger partial charge in [0.25, 0.3) is 0 Å². The van der Waals surface area contributed by atoms with Crippen LogP contribution < -0.4 is 11.1 Å². The maximum atomic E-state index is 11.7. The zero-order chi connectivity index (χ0) is 13.1. The number of nitrogens with two attached hydrogens (primary N) is 1. The predicted octanol–water partition coefficient (Wildman–Crippen LogP) is 0.873. The molecule has 17 heavy (non-hydrogen) atoms. The molecule has 4 N–H and O–H groups in total. The van der Waals surface area contributed by atoms with Gasteiger partial charge in [0.2, 0.25) is 5.91 Å². The molecule has 2 atom stereocenters. The molecule has 2 unspecified atom stereocenters. The van der Waals surface area contributed by atoms with Crippen molar-refractivity contribution in [3.8, 4) is 0 Å². The first-order chi connectivity index (χ1) is 7.89. The van der Waals surface area contributed by atoms with Crippen LogP contribution in [-0.2, 0) is 9.59 Å². The highest BCUT2D eigenvalue weighted by atomic mass is 16.4. The van der Waals surface area contributed by atoms with Crippen LogP contribution in [0.1, 0.15) is 46.0 Å². The van der Waals surface area contributed by atoms with E-state index in [2.05, 4.69) is 5.32 Å². The number of aliphatic carboxylic acids is 1. The zero-order valence-electron chi connectivity index (χ0n) is 10.5. The Labute approximate surface area is 102 Å². The topological polar surface area (TPSA) is 92.4 Å². The molecule has 5 heteroatoms. The summed E-state index contributed by atoms with van der Waals surface area (Å²) in [6, 6.07) is -0.130. The number of hydrogen-bond acceptors (Lipinski definition) is 3. The van der Waals surface area contributed by atoms with Gasteiger partial charge in [0, 0.05) is 12.5 Å². The number of rotatable bonds is 7. The van der Waals surface area contributed by atoms with Crippen molar-refractivity contribution >= 4 is 11.9 Å². The van der Waals surface area contributed by atoms with Crippen LogP contribution in [0, 0.1) is 5.92 Å². The highest BCUT2D eigenvalue weighted by Crippen LogP contribution is 2.32. The molecule has 0 aromatic carbocycles. The summed E-state index contributed by atoms with van der Waals surface area (Å²) in [6.45, 7) is 3.43. The number of carbonyl (C=O) groups is 2. The number of carboxylic acid groups (broad SMARTS) is 1. The van der Waals surface area contributed by atoms with E-state index in [1.54, 1.807) is 6.92 Å². The Balaban J connectivity index is 2.48. The molecule has 1 rings (SSSR count). The summed E-state index contributed by atoms with van der Waals surface area (Å²) >= 11 is 0. The molecule has 1 amide bonds. The minimum absolute atomic E-state index is 0.130. The fourth-order valence-corrected chi connectivity index (χ4v) is 1.99. The summed E-state index contributed by atoms with van der Waals surface area (Å²) in [7, 11) is 0. The SMILES string of the molecule is CCCC(C)(NC(=O)CC(N)C1CC1)C(=O)O. The van der Waals surface area contributed by atoms with Crippen molar-refractivity contribution in [1.82, 2.24) is 5.32 Å². The van der Waals surface area contributed by atoms with E-state index in [1.807, 2.05) is 6.92 Å². The molecule has 5 nitrogen and oxygen atoms in total. The lowest BCUT2D eigenvalue weighted by Gasteiger charge is -2.26. The van der Waals surface area contributed by atoms with Gasteiger partial charge in [-0.05, 0) is 32.1 Å². The average molecular weight is 242 g/mol. The quantitative estimate of drug-likeness (QED) is 0.617. The second kappa shape index (κ2) is 5.49. The van der Waals surface area contributed by atoms with Crippen molar-refractivity contribution in [3.63, 3.8) is 0 Å². The lowest BCUT2D eigenvalue weighted by atomic mass is 9.95. The van der Waals surface area contributed by atoms with Gasteiger partial charge in [-0.25, -0.2) is 4.79 Å². The molecule has 0 spiro atoms. The summed E-state index contributed by atoms with van der Waals surface area (Å²) in [5, 5.41) is 11.7. The molecule has 1 saturated carbocycles. The first-order valence-corrected chi connectivity index (χ1v) is 6.19. The highest BCUT2D eigenvalue weighted by molar-refractivity contribution is 5.86. The summed E-state index contributed by atoms with van der Waals surface area (Å²) in [5.74, 6) is -0.807. The van der Waals surface area contributed by atoms with Crippen molar-refractivity contribution in [2.24, 2.45) is 11.7 Å². The lowest BCUT2D eigenvalue weighted by molar-refractivity contribution is -0.147. The molecule has 1 aliphatic rings. The van der Waals surface area contributed by atoms with E-state index in [1.165, 1.54) is 0 Å². The molecule has 0 radical (unpaired) electrons. The molecule has 98 valence electrons. The summed E-state index contributed by atoms with van der Waals surface area (Å²) in [5.41, 5.74) is 4.67. The van der Waals surface area contributed by atoms with Crippen LogP contribution in [0.15, 0.2) is 0 Å². The zero-order valence-corrected chi connectivity index (χ0v) is 10.5. The maximum Gasteiger partial charge on any atom is 0.329 e. The van der Waals surface area contributed by atoms with Gasteiger partial charge in [-0.3, -0.25) is 4.79 Å². The number of hydrogen-bond donors (Lipinski definition) is 3. The Kier molecular flexibility index (Phi) is 4.51. The molecule has 0 aliphatic heterocycles. The molecule has 0 aromatic rings. The fraction of sp³-hybridized carbons (Fsp3) is 0.833. The van der Waals surface area contributed by atoms with E-state index in [9.17, 15) is 9.59 Å². The minimum atomic E-state index is -1.17. The van der Waals surface area contributed by atoms with E-state index < -0.39 is 11.5 Å². The van der Waals surface area contributed by atoms with Crippen LogP contribution in [0.3, 0.4) is 0 Å². The van der Waals surface area contributed by atoms with Gasteiger partial charge >= 0.3 is 5.97 Å². The van der Waals surface area contributed by atoms with E-state index >= 15 is 0 Å². The normalized spacial score (nSPS) is 20.4. The Morgan fingerprint density at radius 2 is 2.12 bits per heavy atom. The standard InChI is InChI=1S/C12H22N2O3/c1-3-6-12(2,11(16)17)14-10(15)7-9(13)8-4-5-8/h8-9H,3-7,13H2,1-2H3,(H,14,15)(H,16,17). The summed E-state index contributed by atoms with van der Waals surface area (Å²) < 4.78 is 0. The summed E-state index contributed by atoms with van der Waals surface area (Å²) in [6.07, 6.45) is 3.51. The summed E-state index contributed by atoms with van der Waals surface area (Å²) in [4.78, 5) is 22.9. The van der Waals surface area contributed by atoms with Crippen LogP contribution in [0.25, 0.3) is 0 Å². The van der Waals surface area contributed by atoms with Gasteiger partial charge in [0.05, 0.1) is 0 Å².